The number of aliphatic hydroxyl groups excluding tert-OH is 1. The van der Waals surface area contributed by atoms with Crippen LogP contribution in [0.1, 0.15) is 17.3 Å². The van der Waals surface area contributed by atoms with Crippen LogP contribution in [-0.2, 0) is 4.74 Å². The minimum atomic E-state index is -4.41. The Morgan fingerprint density at radius 2 is 2.15 bits per heavy atom. The predicted molar refractivity (Wildman–Crippen MR) is 65.5 cm³/mol. The van der Waals surface area contributed by atoms with Crippen molar-refractivity contribution in [2.45, 2.75) is 13.1 Å². The average molecular weight is 292 g/mol. The highest BCUT2D eigenvalue weighted by molar-refractivity contribution is 5.89. The second kappa shape index (κ2) is 7.09. The van der Waals surface area contributed by atoms with Crippen LogP contribution in [0.15, 0.2) is 18.3 Å². The molecule has 0 saturated heterocycles. The number of anilines is 1. The van der Waals surface area contributed by atoms with Gasteiger partial charge in [-0.1, -0.05) is 0 Å². The number of nitrogens with zero attached hydrogens (tertiary/aromatic N) is 2. The minimum absolute atomic E-state index is 0.0319. The van der Waals surface area contributed by atoms with Crippen molar-refractivity contribution in [2.75, 3.05) is 31.2 Å². The van der Waals surface area contributed by atoms with Crippen molar-refractivity contribution in [1.29, 1.82) is 0 Å². The van der Waals surface area contributed by atoms with Gasteiger partial charge in [-0.15, -0.1) is 0 Å². The normalized spacial score (nSPS) is 11.2. The van der Waals surface area contributed by atoms with Crippen molar-refractivity contribution < 1.29 is 27.8 Å². The predicted octanol–water partition coefficient (Wildman–Crippen LogP) is 1.62. The van der Waals surface area contributed by atoms with Gasteiger partial charge in [0.25, 0.3) is 0 Å². The summed E-state index contributed by atoms with van der Waals surface area (Å²) in [7, 11) is 0. The van der Waals surface area contributed by atoms with E-state index in [0.29, 0.717) is 0 Å². The van der Waals surface area contributed by atoms with Gasteiger partial charge in [-0.05, 0) is 19.1 Å². The largest absolute Gasteiger partial charge is 0.462 e. The quantitative estimate of drug-likeness (QED) is 0.807. The van der Waals surface area contributed by atoms with E-state index in [-0.39, 0.29) is 24.5 Å². The van der Waals surface area contributed by atoms with Crippen LogP contribution < -0.4 is 4.90 Å². The summed E-state index contributed by atoms with van der Waals surface area (Å²) in [5, 5.41) is 8.80. The Balaban J connectivity index is 2.85. The third-order valence-corrected chi connectivity index (χ3v) is 2.32. The summed E-state index contributed by atoms with van der Waals surface area (Å²) in [6.45, 7) is -0.0146. The number of rotatable bonds is 6. The van der Waals surface area contributed by atoms with Crippen LogP contribution in [-0.4, -0.2) is 48.5 Å². The number of halogens is 3. The van der Waals surface area contributed by atoms with Crippen molar-refractivity contribution >= 4 is 11.8 Å². The molecule has 0 bridgehead atoms. The SMILES string of the molecule is CCOC(=O)c1ccc(N(CCO)CC(F)(F)F)nc1. The first-order valence-electron chi connectivity index (χ1n) is 5.93. The summed E-state index contributed by atoms with van der Waals surface area (Å²) >= 11 is 0. The van der Waals surface area contributed by atoms with Crippen LogP contribution in [0.2, 0.25) is 0 Å². The number of hydrogen-bond acceptors (Lipinski definition) is 5. The number of hydrogen-bond donors (Lipinski definition) is 1. The first-order chi connectivity index (χ1) is 9.37. The van der Waals surface area contributed by atoms with Crippen LogP contribution in [0.25, 0.3) is 0 Å². The molecule has 0 amide bonds. The zero-order valence-electron chi connectivity index (χ0n) is 10.9. The van der Waals surface area contributed by atoms with Gasteiger partial charge in [-0.2, -0.15) is 13.2 Å². The van der Waals surface area contributed by atoms with Gasteiger partial charge in [0.1, 0.15) is 12.4 Å². The van der Waals surface area contributed by atoms with Crippen molar-refractivity contribution in [1.82, 2.24) is 4.98 Å². The molecule has 1 N–H and O–H groups in total. The molecule has 5 nitrogen and oxygen atoms in total. The Hall–Kier alpha value is -1.83. The number of esters is 1. The third-order valence-electron chi connectivity index (χ3n) is 2.32. The first kappa shape index (κ1) is 16.2. The standard InChI is InChI=1S/C12H15F3N2O3/c1-2-20-11(19)9-3-4-10(16-7-9)17(5-6-18)8-12(13,14)15/h3-4,7,18H,2,5-6,8H2,1H3. The minimum Gasteiger partial charge on any atom is -0.462 e. The molecular formula is C12H15F3N2O3. The van der Waals surface area contributed by atoms with Crippen molar-refractivity contribution in [3.8, 4) is 0 Å². The van der Waals surface area contributed by atoms with Gasteiger partial charge >= 0.3 is 12.1 Å². The molecule has 112 valence electrons. The molecule has 0 unspecified atom stereocenters. The Morgan fingerprint density at radius 1 is 1.45 bits per heavy atom. The lowest BCUT2D eigenvalue weighted by atomic mass is 10.3. The monoisotopic (exact) mass is 292 g/mol. The Bertz CT molecular complexity index is 435. The number of ether oxygens (including phenoxy) is 1. The van der Waals surface area contributed by atoms with Crippen molar-refractivity contribution in [3.05, 3.63) is 23.9 Å². The van der Waals surface area contributed by atoms with Crippen LogP contribution in [0.4, 0.5) is 19.0 Å². The molecule has 0 aliphatic heterocycles. The third kappa shape index (κ3) is 5.04. The zero-order chi connectivity index (χ0) is 15.2. The lowest BCUT2D eigenvalue weighted by Gasteiger charge is -2.24. The van der Waals surface area contributed by atoms with Gasteiger partial charge in [-0.3, -0.25) is 0 Å². The molecule has 1 aromatic heterocycles. The van der Waals surface area contributed by atoms with E-state index in [2.05, 4.69) is 4.98 Å². The molecule has 0 aromatic carbocycles. The Morgan fingerprint density at radius 3 is 2.60 bits per heavy atom. The first-order valence-corrected chi connectivity index (χ1v) is 5.93. The summed E-state index contributed by atoms with van der Waals surface area (Å²) in [5.41, 5.74) is 0.159. The summed E-state index contributed by atoms with van der Waals surface area (Å²) in [4.78, 5) is 16.1. The van der Waals surface area contributed by atoms with E-state index in [0.717, 1.165) is 11.1 Å². The van der Waals surface area contributed by atoms with Gasteiger partial charge in [0.2, 0.25) is 0 Å². The Labute approximate surface area is 114 Å². The molecule has 0 aliphatic rings. The van der Waals surface area contributed by atoms with E-state index < -0.39 is 25.3 Å². The molecular weight excluding hydrogens is 277 g/mol. The number of carbonyl (C=O) groups is 1. The summed E-state index contributed by atoms with van der Waals surface area (Å²) in [5.74, 6) is -0.555. The van der Waals surface area contributed by atoms with Crippen molar-refractivity contribution in [3.63, 3.8) is 0 Å². The van der Waals surface area contributed by atoms with Crippen LogP contribution in [0, 0.1) is 0 Å². The zero-order valence-corrected chi connectivity index (χ0v) is 10.9. The van der Waals surface area contributed by atoms with Gasteiger partial charge in [-0.25, -0.2) is 9.78 Å². The van der Waals surface area contributed by atoms with Gasteiger partial charge < -0.3 is 14.7 Å². The van der Waals surface area contributed by atoms with Crippen LogP contribution in [0.5, 0.6) is 0 Å². The molecule has 1 aromatic rings. The molecule has 0 atom stereocenters. The maximum absolute atomic E-state index is 12.4. The maximum Gasteiger partial charge on any atom is 0.405 e. The summed E-state index contributed by atoms with van der Waals surface area (Å²) in [6.07, 6.45) is -3.26. The van der Waals surface area contributed by atoms with Gasteiger partial charge in [0, 0.05) is 12.7 Å². The lowest BCUT2D eigenvalue weighted by molar-refractivity contribution is -0.120. The highest BCUT2D eigenvalue weighted by atomic mass is 19.4. The van der Waals surface area contributed by atoms with E-state index in [4.69, 9.17) is 9.84 Å². The van der Waals surface area contributed by atoms with Crippen LogP contribution >= 0.6 is 0 Å². The second-order valence-corrected chi connectivity index (χ2v) is 3.89. The summed E-state index contributed by atoms with van der Waals surface area (Å²) in [6, 6.07) is 2.62. The molecule has 0 spiro atoms. The van der Waals surface area contributed by atoms with E-state index in [1.807, 2.05) is 0 Å². The lowest BCUT2D eigenvalue weighted by Crippen LogP contribution is -2.36. The smallest absolute Gasteiger partial charge is 0.405 e. The fourth-order valence-electron chi connectivity index (χ4n) is 1.52. The van der Waals surface area contributed by atoms with E-state index in [1.165, 1.54) is 12.1 Å². The summed E-state index contributed by atoms with van der Waals surface area (Å²) < 4.78 is 41.9. The van der Waals surface area contributed by atoms with Gasteiger partial charge in [0.05, 0.1) is 18.8 Å². The van der Waals surface area contributed by atoms with Gasteiger partial charge in [0.15, 0.2) is 0 Å². The fraction of sp³-hybridized carbons (Fsp3) is 0.500. The molecule has 0 aliphatic carbocycles. The van der Waals surface area contributed by atoms with E-state index in [9.17, 15) is 18.0 Å². The molecule has 0 radical (unpaired) electrons. The number of pyridine rings is 1. The van der Waals surface area contributed by atoms with Crippen molar-refractivity contribution in [2.24, 2.45) is 0 Å². The number of aromatic nitrogens is 1. The molecule has 0 fully saturated rings. The Kier molecular flexibility index (Phi) is 5.75. The average Bonchev–Trinajstić information content (AvgIpc) is 2.37. The number of carbonyl (C=O) groups excluding carboxylic acids is 1. The van der Waals surface area contributed by atoms with E-state index >= 15 is 0 Å². The van der Waals surface area contributed by atoms with Crippen LogP contribution in [0.3, 0.4) is 0 Å². The molecule has 1 heterocycles. The highest BCUT2D eigenvalue weighted by Gasteiger charge is 2.31. The topological polar surface area (TPSA) is 62.7 Å². The number of alkyl halides is 3. The highest BCUT2D eigenvalue weighted by Crippen LogP contribution is 2.20. The molecule has 8 heteroatoms. The molecule has 1 rings (SSSR count). The molecule has 0 saturated carbocycles. The maximum atomic E-state index is 12.4. The molecule has 20 heavy (non-hydrogen) atoms. The van der Waals surface area contributed by atoms with E-state index in [1.54, 1.807) is 6.92 Å². The fourth-order valence-corrected chi connectivity index (χ4v) is 1.52. The second-order valence-electron chi connectivity index (χ2n) is 3.89. The number of aliphatic hydroxyl groups is 1.